The number of carbonyl (C=O) groups is 1. The highest BCUT2D eigenvalue weighted by Gasteiger charge is 2.16. The van der Waals surface area contributed by atoms with Crippen LogP contribution >= 0.6 is 11.6 Å². The molecule has 2 N–H and O–H groups in total. The van der Waals surface area contributed by atoms with Crippen LogP contribution in [0, 0.1) is 10.1 Å². The number of nitrogens with one attached hydrogen (secondary N) is 2. The Balaban J connectivity index is 2.11. The van der Waals surface area contributed by atoms with Crippen molar-refractivity contribution in [3.8, 4) is 0 Å². The lowest BCUT2D eigenvalue weighted by Gasteiger charge is -2.03. The molecule has 1 amide bonds. The maximum atomic E-state index is 11.8. The van der Waals surface area contributed by atoms with Crippen molar-refractivity contribution in [2.75, 3.05) is 0 Å². The third-order valence-corrected chi connectivity index (χ3v) is 2.61. The van der Waals surface area contributed by atoms with Crippen molar-refractivity contribution in [2.45, 2.75) is 6.54 Å². The lowest BCUT2D eigenvalue weighted by molar-refractivity contribution is -0.384. The zero-order chi connectivity index (χ0) is 13.8. The van der Waals surface area contributed by atoms with Gasteiger partial charge in [0.2, 0.25) is 0 Å². The van der Waals surface area contributed by atoms with E-state index in [-0.39, 0.29) is 22.8 Å². The number of amides is 1. The minimum Gasteiger partial charge on any atom is -0.345 e. The molecule has 0 bridgehead atoms. The van der Waals surface area contributed by atoms with Gasteiger partial charge in [0.1, 0.15) is 17.2 Å². The van der Waals surface area contributed by atoms with Gasteiger partial charge in [-0.05, 0) is 12.1 Å². The predicted octanol–water partition coefficient (Wildman–Crippen LogP) is 1.30. The molecule has 0 spiro atoms. The Morgan fingerprint density at radius 1 is 1.53 bits per heavy atom. The Hall–Kier alpha value is -2.48. The van der Waals surface area contributed by atoms with E-state index in [9.17, 15) is 14.9 Å². The van der Waals surface area contributed by atoms with Gasteiger partial charge in [0, 0.05) is 11.6 Å². The topological polar surface area (TPSA) is 114 Å². The minimum absolute atomic E-state index is 0.0169. The largest absolute Gasteiger partial charge is 0.345 e. The smallest absolute Gasteiger partial charge is 0.288 e. The summed E-state index contributed by atoms with van der Waals surface area (Å²) < 4.78 is 0. The fourth-order valence-corrected chi connectivity index (χ4v) is 1.56. The van der Waals surface area contributed by atoms with E-state index in [0.29, 0.717) is 5.82 Å². The number of hydrogen-bond donors (Lipinski definition) is 2. The molecule has 0 radical (unpaired) electrons. The van der Waals surface area contributed by atoms with Crippen molar-refractivity contribution < 1.29 is 9.72 Å². The highest BCUT2D eigenvalue weighted by atomic mass is 35.5. The van der Waals surface area contributed by atoms with Crippen molar-refractivity contribution in [3.05, 3.63) is 51.1 Å². The first kappa shape index (κ1) is 13.0. The standard InChI is InChI=1S/C10H8ClN5O3/c11-7-2-1-6(3-8(7)16(18)19)10(17)12-4-9-13-5-14-15-9/h1-3,5H,4H2,(H,12,17)(H,13,14,15). The number of aromatic amines is 1. The second-order valence-corrected chi connectivity index (χ2v) is 3.95. The minimum atomic E-state index is -0.643. The average Bonchev–Trinajstić information content (AvgIpc) is 2.89. The number of nitrogens with zero attached hydrogens (tertiary/aromatic N) is 3. The van der Waals surface area contributed by atoms with Crippen LogP contribution in [0.15, 0.2) is 24.5 Å². The van der Waals surface area contributed by atoms with Crippen molar-refractivity contribution in [3.63, 3.8) is 0 Å². The molecule has 0 saturated heterocycles. The first-order valence-electron chi connectivity index (χ1n) is 5.14. The lowest BCUT2D eigenvalue weighted by atomic mass is 10.2. The molecule has 1 heterocycles. The molecule has 0 unspecified atom stereocenters. The summed E-state index contributed by atoms with van der Waals surface area (Å²) in [5.74, 6) is 0.0213. The molecule has 0 aliphatic heterocycles. The fraction of sp³-hybridized carbons (Fsp3) is 0.100. The molecule has 0 aliphatic carbocycles. The number of halogens is 1. The Kier molecular flexibility index (Phi) is 3.71. The van der Waals surface area contributed by atoms with E-state index in [1.807, 2.05) is 0 Å². The summed E-state index contributed by atoms with van der Waals surface area (Å²) in [7, 11) is 0. The van der Waals surface area contributed by atoms with Gasteiger partial charge in [0.15, 0.2) is 0 Å². The number of aromatic nitrogens is 3. The molecular weight excluding hydrogens is 274 g/mol. The van der Waals surface area contributed by atoms with E-state index in [1.54, 1.807) is 0 Å². The Morgan fingerprint density at radius 3 is 2.95 bits per heavy atom. The molecule has 1 aromatic heterocycles. The predicted molar refractivity (Wildman–Crippen MR) is 65.7 cm³/mol. The van der Waals surface area contributed by atoms with E-state index in [1.165, 1.54) is 18.5 Å². The summed E-state index contributed by atoms with van der Waals surface area (Å²) in [6.45, 7) is 0.148. The third-order valence-electron chi connectivity index (χ3n) is 2.29. The van der Waals surface area contributed by atoms with Gasteiger partial charge in [-0.15, -0.1) is 0 Å². The van der Waals surface area contributed by atoms with Crippen LogP contribution in [-0.4, -0.2) is 26.0 Å². The Bertz CT molecular complexity index is 614. The van der Waals surface area contributed by atoms with Crippen molar-refractivity contribution >= 4 is 23.2 Å². The number of H-pyrrole nitrogens is 1. The van der Waals surface area contributed by atoms with E-state index in [0.717, 1.165) is 6.07 Å². The van der Waals surface area contributed by atoms with Gasteiger partial charge < -0.3 is 5.32 Å². The maximum Gasteiger partial charge on any atom is 0.288 e. The molecule has 0 saturated carbocycles. The Morgan fingerprint density at radius 2 is 2.32 bits per heavy atom. The van der Waals surface area contributed by atoms with Crippen LogP contribution < -0.4 is 5.32 Å². The maximum absolute atomic E-state index is 11.8. The lowest BCUT2D eigenvalue weighted by Crippen LogP contribution is -2.23. The zero-order valence-corrected chi connectivity index (χ0v) is 10.2. The summed E-state index contributed by atoms with van der Waals surface area (Å²) in [4.78, 5) is 25.7. The highest BCUT2D eigenvalue weighted by molar-refractivity contribution is 6.32. The SMILES string of the molecule is O=C(NCc1ncn[nH]1)c1ccc(Cl)c([N+](=O)[O-])c1. The van der Waals surface area contributed by atoms with E-state index >= 15 is 0 Å². The highest BCUT2D eigenvalue weighted by Crippen LogP contribution is 2.24. The van der Waals surface area contributed by atoms with E-state index in [2.05, 4.69) is 20.5 Å². The van der Waals surface area contributed by atoms with Gasteiger partial charge in [-0.2, -0.15) is 5.10 Å². The monoisotopic (exact) mass is 281 g/mol. The number of carbonyl (C=O) groups excluding carboxylic acids is 1. The summed E-state index contributed by atoms with van der Waals surface area (Å²) in [5.41, 5.74) is -0.162. The van der Waals surface area contributed by atoms with Crippen LogP contribution in [0.2, 0.25) is 5.02 Å². The molecular formula is C10H8ClN5O3. The second-order valence-electron chi connectivity index (χ2n) is 3.54. The summed E-state index contributed by atoms with van der Waals surface area (Å²) in [6.07, 6.45) is 1.31. The van der Waals surface area contributed by atoms with Crippen molar-refractivity contribution in [1.82, 2.24) is 20.5 Å². The molecule has 0 atom stereocenters. The first-order chi connectivity index (χ1) is 9.08. The fourth-order valence-electron chi connectivity index (χ4n) is 1.38. The number of rotatable bonds is 4. The average molecular weight is 282 g/mol. The van der Waals surface area contributed by atoms with E-state index in [4.69, 9.17) is 11.6 Å². The van der Waals surface area contributed by atoms with Gasteiger partial charge in [-0.25, -0.2) is 4.98 Å². The summed E-state index contributed by atoms with van der Waals surface area (Å²) in [5, 5.41) is 19.4. The van der Waals surface area contributed by atoms with Gasteiger partial charge in [-0.1, -0.05) is 11.6 Å². The molecule has 0 fully saturated rings. The van der Waals surface area contributed by atoms with Gasteiger partial charge in [0.05, 0.1) is 11.5 Å². The van der Waals surface area contributed by atoms with Crippen LogP contribution in [0.1, 0.15) is 16.2 Å². The zero-order valence-electron chi connectivity index (χ0n) is 9.46. The number of nitro groups is 1. The van der Waals surface area contributed by atoms with Crippen LogP contribution in [0.3, 0.4) is 0 Å². The van der Waals surface area contributed by atoms with Crippen LogP contribution in [-0.2, 0) is 6.54 Å². The molecule has 2 aromatic rings. The third kappa shape index (κ3) is 3.05. The van der Waals surface area contributed by atoms with Gasteiger partial charge in [0.25, 0.3) is 11.6 Å². The number of benzene rings is 1. The van der Waals surface area contributed by atoms with E-state index < -0.39 is 10.8 Å². The Labute approximate surface area is 112 Å². The molecule has 19 heavy (non-hydrogen) atoms. The summed E-state index contributed by atoms with van der Waals surface area (Å²) >= 11 is 5.66. The first-order valence-corrected chi connectivity index (χ1v) is 5.52. The van der Waals surface area contributed by atoms with Crippen molar-refractivity contribution in [2.24, 2.45) is 0 Å². The van der Waals surface area contributed by atoms with Crippen LogP contribution in [0.4, 0.5) is 5.69 Å². The summed E-state index contributed by atoms with van der Waals surface area (Å²) in [6, 6.07) is 3.84. The molecule has 0 aliphatic rings. The normalized spacial score (nSPS) is 10.2. The van der Waals surface area contributed by atoms with Crippen LogP contribution in [0.25, 0.3) is 0 Å². The molecule has 1 aromatic carbocycles. The molecule has 2 rings (SSSR count). The number of nitro benzene ring substituents is 1. The number of hydrogen-bond acceptors (Lipinski definition) is 5. The van der Waals surface area contributed by atoms with Gasteiger partial charge >= 0.3 is 0 Å². The molecule has 9 heteroatoms. The molecule has 98 valence electrons. The quantitative estimate of drug-likeness (QED) is 0.647. The van der Waals surface area contributed by atoms with Crippen molar-refractivity contribution in [1.29, 1.82) is 0 Å². The molecule has 8 nitrogen and oxygen atoms in total. The second kappa shape index (κ2) is 5.44. The van der Waals surface area contributed by atoms with Gasteiger partial charge in [-0.3, -0.25) is 20.0 Å². The van der Waals surface area contributed by atoms with Crippen LogP contribution in [0.5, 0.6) is 0 Å².